The number of aromatic nitrogens is 6. The van der Waals surface area contributed by atoms with E-state index in [1.807, 2.05) is 115 Å². The predicted octanol–water partition coefficient (Wildman–Crippen LogP) is 9.24. The van der Waals surface area contributed by atoms with Crippen LogP contribution in [-0.4, -0.2) is 145 Å². The van der Waals surface area contributed by atoms with Crippen molar-refractivity contribution in [1.82, 2.24) is 48.7 Å². The van der Waals surface area contributed by atoms with E-state index in [4.69, 9.17) is 67.7 Å². The fourth-order valence-corrected chi connectivity index (χ4v) is 9.21. The Morgan fingerprint density at radius 2 is 1.10 bits per heavy atom. The number of carboxylic acid groups (broad SMARTS) is 1. The molecule has 21 heteroatoms. The Morgan fingerprint density at radius 1 is 0.686 bits per heavy atom. The van der Waals surface area contributed by atoms with Crippen LogP contribution in [0.15, 0.2) is 85.5 Å². The van der Waals surface area contributed by atoms with E-state index in [0.717, 1.165) is 47.7 Å². The van der Waals surface area contributed by atoms with E-state index in [9.17, 15) is 14.4 Å². The topological polar surface area (TPSA) is 207 Å². The summed E-state index contributed by atoms with van der Waals surface area (Å²) in [4.78, 5) is 59.7. The van der Waals surface area contributed by atoms with E-state index in [1.165, 1.54) is 12.7 Å². The number of benzene rings is 2. The summed E-state index contributed by atoms with van der Waals surface area (Å²) in [7, 11) is 7.69. The molecule has 2 aliphatic rings. The van der Waals surface area contributed by atoms with E-state index >= 15 is 0 Å². The quantitative estimate of drug-likeness (QED) is 0.110. The molecule has 0 spiro atoms. The average Bonchev–Trinajstić information content (AvgIpc) is 4.09. The van der Waals surface area contributed by atoms with Gasteiger partial charge in [0.15, 0.2) is 0 Å². The third-order valence-corrected chi connectivity index (χ3v) is 12.5. The Morgan fingerprint density at radius 3 is 1.51 bits per heavy atom. The van der Waals surface area contributed by atoms with Crippen molar-refractivity contribution in [2.45, 2.75) is 51.3 Å². The number of nitrogen functional groups attached to an aromatic ring is 2. The standard InChI is InChI=1S/C22H24Cl2N6O.C21H23Cl2N5O2.C6H11NO2/c1-28(2)10-3-4-17(31)29-11-9-16(12-29)30-20(24)18(14-5-7-15(23)8-6-14)19-21(25)26-13-27-22(19)30;1-21(2,3)30-20(29)27-9-8-14(10-27)28-17(23)15(12-4-6-13(22)7-5-12)16-18(24)25-11-26-19(16)28;1-7(2)5-3-4-6(8)9/h3-8,13,16H,9-12H2,1-2H3,(H2,25,26,27);4-7,11,14H,8-10H2,1-3H3,(H2,24,25,26);3-4H,5H2,1-2H3,(H,8,9)/b4-3+;;4-3+/t16-;14-;/m11./s1. The first-order chi connectivity index (χ1) is 33.1. The second-order valence-corrected chi connectivity index (χ2v) is 19.9. The molecule has 0 radical (unpaired) electrons. The number of fused-ring (bicyclic) bond motifs is 2. The van der Waals surface area contributed by atoms with Gasteiger partial charge in [-0.05, 0) is 97.2 Å². The molecule has 5 N–H and O–H groups in total. The highest BCUT2D eigenvalue weighted by Gasteiger charge is 2.35. The molecular formula is C49H58Cl4N12O5. The fourth-order valence-electron chi connectivity index (χ4n) is 8.12. The molecule has 8 rings (SSSR count). The zero-order chi connectivity index (χ0) is 51.0. The van der Waals surface area contributed by atoms with Gasteiger partial charge in [-0.1, -0.05) is 82.8 Å². The normalized spacial score (nSPS) is 16.1. The number of carboxylic acids is 1. The Labute approximate surface area is 427 Å². The average molecular weight is 1040 g/mol. The molecule has 2 fully saturated rings. The van der Waals surface area contributed by atoms with Crippen molar-refractivity contribution in [3.63, 3.8) is 0 Å². The SMILES string of the molecule is CC(C)(C)OC(=O)N1CC[C@@H](n2c(Cl)c(-c3ccc(Cl)cc3)c3c(N)ncnc32)C1.CN(C)C/C=C/C(=O)N1CC[C@@H](n2c(Cl)c(-c3ccc(Cl)cc3)c3c(N)ncnc32)C1.CN(C)C/C=C/C(=O)O. The monoisotopic (exact) mass is 1030 g/mol. The minimum absolute atomic E-state index is 0.00320. The van der Waals surface area contributed by atoms with E-state index in [0.29, 0.717) is 86.8 Å². The molecule has 6 aromatic rings. The van der Waals surface area contributed by atoms with Crippen molar-refractivity contribution in [2.24, 2.45) is 0 Å². The molecular weight excluding hydrogens is 978 g/mol. The molecule has 6 heterocycles. The lowest BCUT2D eigenvalue weighted by atomic mass is 10.1. The number of likely N-dealkylation sites (N-methyl/N-ethyl adjacent to an activating group) is 2. The number of anilines is 2. The Balaban J connectivity index is 0.000000196. The molecule has 2 aromatic carbocycles. The van der Waals surface area contributed by atoms with E-state index in [-0.39, 0.29) is 24.1 Å². The molecule has 0 bridgehead atoms. The second kappa shape index (κ2) is 23.3. The largest absolute Gasteiger partial charge is 0.478 e. The van der Waals surface area contributed by atoms with Gasteiger partial charge in [0.1, 0.15) is 51.5 Å². The van der Waals surface area contributed by atoms with Crippen LogP contribution in [0.4, 0.5) is 16.4 Å². The fraction of sp³-hybridized carbons (Fsp3) is 0.367. The van der Waals surface area contributed by atoms with Crippen molar-refractivity contribution in [2.75, 3.05) is 78.9 Å². The molecule has 17 nitrogen and oxygen atoms in total. The van der Waals surface area contributed by atoms with Crippen LogP contribution < -0.4 is 11.5 Å². The van der Waals surface area contributed by atoms with Gasteiger partial charge in [0.25, 0.3) is 0 Å². The summed E-state index contributed by atoms with van der Waals surface area (Å²) < 4.78 is 9.44. The van der Waals surface area contributed by atoms with Crippen LogP contribution in [0.1, 0.15) is 45.7 Å². The van der Waals surface area contributed by atoms with Gasteiger partial charge in [-0.15, -0.1) is 0 Å². The van der Waals surface area contributed by atoms with Crippen LogP contribution in [0, 0.1) is 0 Å². The van der Waals surface area contributed by atoms with Crippen LogP contribution >= 0.6 is 46.4 Å². The molecule has 2 aliphatic heterocycles. The number of ether oxygens (including phenoxy) is 1. The predicted molar refractivity (Wildman–Crippen MR) is 280 cm³/mol. The van der Waals surface area contributed by atoms with E-state index < -0.39 is 11.6 Å². The van der Waals surface area contributed by atoms with Crippen LogP contribution in [-0.2, 0) is 14.3 Å². The number of halogens is 4. The summed E-state index contributed by atoms with van der Waals surface area (Å²) in [6.45, 7) is 9.21. The number of hydrogen-bond donors (Lipinski definition) is 3. The smallest absolute Gasteiger partial charge is 0.410 e. The van der Waals surface area contributed by atoms with Crippen LogP contribution in [0.25, 0.3) is 44.3 Å². The summed E-state index contributed by atoms with van der Waals surface area (Å²) in [5.41, 5.74) is 16.5. The van der Waals surface area contributed by atoms with Crippen LogP contribution in [0.5, 0.6) is 0 Å². The van der Waals surface area contributed by atoms with Gasteiger partial charge >= 0.3 is 12.1 Å². The summed E-state index contributed by atoms with van der Waals surface area (Å²) in [5.74, 6) is -0.165. The molecule has 70 heavy (non-hydrogen) atoms. The Hall–Kier alpha value is -5.95. The van der Waals surface area contributed by atoms with Gasteiger partial charge in [0, 0.05) is 72.6 Å². The minimum Gasteiger partial charge on any atom is -0.478 e. The summed E-state index contributed by atoms with van der Waals surface area (Å²) in [5, 5.41) is 11.8. The number of hydrogen-bond acceptors (Lipinski definition) is 12. The minimum atomic E-state index is -0.892. The maximum Gasteiger partial charge on any atom is 0.410 e. The number of nitrogens with two attached hydrogens (primary N) is 2. The Bertz CT molecular complexity index is 2880. The molecule has 0 saturated carbocycles. The zero-order valence-electron chi connectivity index (χ0n) is 40.1. The van der Waals surface area contributed by atoms with Crippen molar-refractivity contribution in [1.29, 1.82) is 0 Å². The highest BCUT2D eigenvalue weighted by Crippen LogP contribution is 2.44. The highest BCUT2D eigenvalue weighted by molar-refractivity contribution is 6.36. The van der Waals surface area contributed by atoms with Crippen molar-refractivity contribution < 1.29 is 24.2 Å². The molecule has 2 amide bonds. The first kappa shape index (κ1) is 53.4. The van der Waals surface area contributed by atoms with Gasteiger partial charge in [0.05, 0.1) is 22.9 Å². The number of carbonyl (C=O) groups excluding carboxylic acids is 2. The van der Waals surface area contributed by atoms with Crippen LogP contribution in [0.2, 0.25) is 20.4 Å². The maximum atomic E-state index is 12.6. The lowest BCUT2D eigenvalue weighted by molar-refractivity contribution is -0.131. The third kappa shape index (κ3) is 13.1. The number of nitrogens with zero attached hydrogens (tertiary/aromatic N) is 10. The molecule has 2 atom stereocenters. The van der Waals surface area contributed by atoms with Crippen molar-refractivity contribution in [3.8, 4) is 22.3 Å². The molecule has 4 aromatic heterocycles. The van der Waals surface area contributed by atoms with Gasteiger partial charge in [-0.2, -0.15) is 0 Å². The number of likely N-dealkylation sites (tertiary alicyclic amines) is 2. The highest BCUT2D eigenvalue weighted by atomic mass is 35.5. The van der Waals surface area contributed by atoms with Gasteiger partial charge in [0.2, 0.25) is 5.91 Å². The van der Waals surface area contributed by atoms with E-state index in [1.54, 1.807) is 29.2 Å². The second-order valence-electron chi connectivity index (χ2n) is 18.3. The van der Waals surface area contributed by atoms with Gasteiger partial charge < -0.3 is 50.0 Å². The number of carbonyl (C=O) groups is 3. The first-order valence-electron chi connectivity index (χ1n) is 22.4. The molecule has 372 valence electrons. The van der Waals surface area contributed by atoms with Crippen LogP contribution in [0.3, 0.4) is 0 Å². The summed E-state index contributed by atoms with van der Waals surface area (Å²) >= 11 is 25.9. The maximum absolute atomic E-state index is 12.6. The van der Waals surface area contributed by atoms with Gasteiger partial charge in [-0.25, -0.2) is 29.5 Å². The van der Waals surface area contributed by atoms with E-state index in [2.05, 4.69) is 19.9 Å². The van der Waals surface area contributed by atoms with Gasteiger partial charge in [-0.3, -0.25) is 4.79 Å². The van der Waals surface area contributed by atoms with Crippen molar-refractivity contribution >= 4 is 98.1 Å². The lowest BCUT2D eigenvalue weighted by Crippen LogP contribution is -2.35. The summed E-state index contributed by atoms with van der Waals surface area (Å²) in [6, 6.07) is 14.8. The van der Waals surface area contributed by atoms with Crippen molar-refractivity contribution in [3.05, 3.63) is 106 Å². The Kier molecular flexibility index (Phi) is 17.8. The zero-order valence-corrected chi connectivity index (χ0v) is 43.1. The lowest BCUT2D eigenvalue weighted by Gasteiger charge is -2.24. The first-order valence-corrected chi connectivity index (χ1v) is 23.9. The molecule has 2 saturated heterocycles. The third-order valence-electron chi connectivity index (χ3n) is 11.3. The molecule has 0 aliphatic carbocycles. The number of rotatable bonds is 10. The molecule has 0 unspecified atom stereocenters. The summed E-state index contributed by atoms with van der Waals surface area (Å²) in [6.07, 6.45) is 10.3. The number of aliphatic carboxylic acids is 1. The number of amides is 2.